The molecule has 0 radical (unpaired) electrons. The van der Waals surface area contributed by atoms with Gasteiger partial charge in [-0.2, -0.15) is 0 Å². The molecule has 0 unspecified atom stereocenters. The number of tetrazole rings is 1. The van der Waals surface area contributed by atoms with Crippen LogP contribution in [-0.4, -0.2) is 70.0 Å². The summed E-state index contributed by atoms with van der Waals surface area (Å²) in [5.74, 6) is 0.660. The molecule has 1 aliphatic rings. The van der Waals surface area contributed by atoms with Crippen LogP contribution in [0.5, 0.6) is 0 Å². The normalized spacial score (nSPS) is 15.4. The molecule has 3 heterocycles. The van der Waals surface area contributed by atoms with Crippen molar-refractivity contribution in [3.05, 3.63) is 80.4 Å². The van der Waals surface area contributed by atoms with Gasteiger partial charge in [0.05, 0.1) is 18.7 Å². The van der Waals surface area contributed by atoms with Crippen LogP contribution in [0.3, 0.4) is 0 Å². The molecule has 0 saturated carbocycles. The van der Waals surface area contributed by atoms with Crippen LogP contribution in [0, 0.1) is 27.7 Å². The molecule has 0 amide bonds. The van der Waals surface area contributed by atoms with E-state index in [2.05, 4.69) is 75.3 Å². The molecule has 0 aliphatic carbocycles. The number of H-pyrrole nitrogens is 1. The van der Waals surface area contributed by atoms with Crippen molar-refractivity contribution in [3.8, 4) is 0 Å². The summed E-state index contributed by atoms with van der Waals surface area (Å²) in [4.78, 5) is 21.5. The second-order valence-electron chi connectivity index (χ2n) is 10.0. The molecule has 4 aromatic rings. The van der Waals surface area contributed by atoms with Gasteiger partial charge < -0.3 is 14.6 Å². The number of methoxy groups -OCH3 is 1. The van der Waals surface area contributed by atoms with E-state index in [0.29, 0.717) is 24.5 Å². The molecule has 9 nitrogen and oxygen atoms in total. The highest BCUT2D eigenvalue weighted by molar-refractivity contribution is 5.85. The van der Waals surface area contributed by atoms with E-state index in [4.69, 9.17) is 4.74 Å². The Hall–Kier alpha value is -3.56. The van der Waals surface area contributed by atoms with Gasteiger partial charge >= 0.3 is 0 Å². The number of ether oxygens (including phenoxy) is 1. The molecule has 9 heteroatoms. The van der Waals surface area contributed by atoms with E-state index in [1.54, 1.807) is 11.8 Å². The Morgan fingerprint density at radius 3 is 2.46 bits per heavy atom. The number of aromatic amines is 1. The zero-order chi connectivity index (χ0) is 26.1. The smallest absolute Gasteiger partial charge is 0.253 e. The molecule has 1 aliphatic heterocycles. The van der Waals surface area contributed by atoms with Crippen LogP contribution in [0.15, 0.2) is 41.2 Å². The van der Waals surface area contributed by atoms with Gasteiger partial charge in [0.2, 0.25) is 0 Å². The molecule has 37 heavy (non-hydrogen) atoms. The minimum atomic E-state index is -0.374. The molecule has 0 spiro atoms. The van der Waals surface area contributed by atoms with E-state index in [0.717, 1.165) is 48.2 Å². The lowest BCUT2D eigenvalue weighted by Crippen LogP contribution is -2.49. The molecule has 1 saturated heterocycles. The minimum absolute atomic E-state index is 0.107. The quantitative estimate of drug-likeness (QED) is 0.415. The van der Waals surface area contributed by atoms with Crippen molar-refractivity contribution in [2.24, 2.45) is 0 Å². The Morgan fingerprint density at radius 2 is 1.70 bits per heavy atom. The van der Waals surface area contributed by atoms with Crippen molar-refractivity contribution < 1.29 is 4.74 Å². The Bertz CT molecular complexity index is 1470. The lowest BCUT2D eigenvalue weighted by molar-refractivity contribution is 0.171. The first-order valence-electron chi connectivity index (χ1n) is 12.8. The fourth-order valence-corrected chi connectivity index (χ4v) is 5.32. The van der Waals surface area contributed by atoms with Gasteiger partial charge in [-0.3, -0.25) is 9.69 Å². The zero-order valence-corrected chi connectivity index (χ0v) is 22.3. The summed E-state index contributed by atoms with van der Waals surface area (Å²) < 4.78 is 7.05. The number of aromatic nitrogens is 5. The molecular weight excluding hydrogens is 466 g/mol. The largest absolute Gasteiger partial charge is 0.383 e. The van der Waals surface area contributed by atoms with Crippen LogP contribution in [0.25, 0.3) is 10.9 Å². The Kier molecular flexibility index (Phi) is 7.08. The summed E-state index contributed by atoms with van der Waals surface area (Å²) >= 11 is 0. The van der Waals surface area contributed by atoms with Crippen LogP contribution < -0.4 is 10.5 Å². The molecule has 1 fully saturated rings. The van der Waals surface area contributed by atoms with Crippen LogP contribution >= 0.6 is 0 Å². The van der Waals surface area contributed by atoms with Gasteiger partial charge in [0.15, 0.2) is 5.82 Å². The average Bonchev–Trinajstić information content (AvgIpc) is 3.36. The Balaban J connectivity index is 1.55. The maximum Gasteiger partial charge on any atom is 0.253 e. The second kappa shape index (κ2) is 10.4. The number of anilines is 1. The van der Waals surface area contributed by atoms with Gasteiger partial charge in [-0.25, -0.2) is 4.68 Å². The lowest BCUT2D eigenvalue weighted by Gasteiger charge is -2.40. The first kappa shape index (κ1) is 25.1. The van der Waals surface area contributed by atoms with Crippen LogP contribution in [0.4, 0.5) is 5.69 Å². The first-order chi connectivity index (χ1) is 17.9. The van der Waals surface area contributed by atoms with Crippen molar-refractivity contribution in [2.45, 2.75) is 40.3 Å². The van der Waals surface area contributed by atoms with Crippen molar-refractivity contribution >= 4 is 16.6 Å². The summed E-state index contributed by atoms with van der Waals surface area (Å²) in [6.07, 6.45) is 0. The Morgan fingerprint density at radius 1 is 0.973 bits per heavy atom. The molecule has 5 rings (SSSR count). The number of nitrogens with zero attached hydrogens (tertiary/aromatic N) is 6. The highest BCUT2D eigenvalue weighted by atomic mass is 16.5. The monoisotopic (exact) mass is 501 g/mol. The number of fused-ring (bicyclic) bond motifs is 1. The molecule has 0 bridgehead atoms. The van der Waals surface area contributed by atoms with Gasteiger partial charge in [-0.15, -0.1) is 5.10 Å². The molecule has 2 aromatic carbocycles. The predicted octanol–water partition coefficient (Wildman–Crippen LogP) is 3.31. The van der Waals surface area contributed by atoms with E-state index in [1.165, 1.54) is 16.8 Å². The fraction of sp³-hybridized carbons (Fsp3) is 0.429. The van der Waals surface area contributed by atoms with Gasteiger partial charge in [0.1, 0.15) is 6.04 Å². The molecule has 1 N–H and O–H groups in total. The molecule has 2 aromatic heterocycles. The van der Waals surface area contributed by atoms with Crippen molar-refractivity contribution in [3.63, 3.8) is 0 Å². The third kappa shape index (κ3) is 4.89. The van der Waals surface area contributed by atoms with Gasteiger partial charge in [-0.05, 0) is 72.5 Å². The number of hydrogen-bond donors (Lipinski definition) is 1. The van der Waals surface area contributed by atoms with Crippen LogP contribution in [0.2, 0.25) is 0 Å². The number of hydrogen-bond acceptors (Lipinski definition) is 7. The molecular formula is C28H35N7O2. The average molecular weight is 502 g/mol. The number of rotatable bonds is 7. The summed E-state index contributed by atoms with van der Waals surface area (Å²) in [7, 11) is 1.66. The van der Waals surface area contributed by atoms with Crippen molar-refractivity contribution in [2.75, 3.05) is 44.8 Å². The number of aryl methyl sites for hydroxylation is 4. The zero-order valence-electron chi connectivity index (χ0n) is 22.3. The summed E-state index contributed by atoms with van der Waals surface area (Å²) in [6, 6.07) is 12.4. The van der Waals surface area contributed by atoms with Crippen LogP contribution in [0.1, 0.15) is 39.7 Å². The standard InChI is InChI=1S/C28H35N7O2/c1-18-6-7-20(3)24(16-18)33-10-12-34(13-11-33)26(27-30-31-32-35(27)14-15-37-5)23-17-22-19(2)8-9-21(4)25(22)29-28(23)36/h6-9,16-17,26H,10-15H2,1-5H3,(H,29,36)/t26-/m0/s1. The topological polar surface area (TPSA) is 92.2 Å². The van der Waals surface area contributed by atoms with Gasteiger partial charge in [-0.1, -0.05) is 24.3 Å². The highest BCUT2D eigenvalue weighted by Crippen LogP contribution is 2.31. The fourth-order valence-electron chi connectivity index (χ4n) is 5.32. The van der Waals surface area contributed by atoms with E-state index in [9.17, 15) is 4.79 Å². The SMILES string of the molecule is COCCn1nnnc1[C@H](c1cc2c(C)ccc(C)c2[nH]c1=O)N1CCN(c2cc(C)ccc2C)CC1. The lowest BCUT2D eigenvalue weighted by atomic mass is 9.99. The van der Waals surface area contributed by atoms with Gasteiger partial charge in [0.25, 0.3) is 5.56 Å². The van der Waals surface area contributed by atoms with E-state index in [1.807, 2.05) is 19.1 Å². The third-order valence-electron chi connectivity index (χ3n) is 7.46. The number of nitrogens with one attached hydrogen (secondary N) is 1. The van der Waals surface area contributed by atoms with Crippen molar-refractivity contribution in [1.82, 2.24) is 30.1 Å². The molecule has 1 atom stereocenters. The summed E-state index contributed by atoms with van der Waals surface area (Å²) in [6.45, 7) is 12.6. The number of pyridine rings is 1. The summed E-state index contributed by atoms with van der Waals surface area (Å²) in [5, 5.41) is 13.7. The van der Waals surface area contributed by atoms with E-state index in [-0.39, 0.29) is 11.6 Å². The molecule has 194 valence electrons. The second-order valence-corrected chi connectivity index (χ2v) is 10.0. The van der Waals surface area contributed by atoms with Gasteiger partial charge in [0, 0.05) is 49.9 Å². The maximum absolute atomic E-state index is 13.6. The van der Waals surface area contributed by atoms with Crippen LogP contribution in [-0.2, 0) is 11.3 Å². The minimum Gasteiger partial charge on any atom is -0.383 e. The van der Waals surface area contributed by atoms with E-state index >= 15 is 0 Å². The highest BCUT2D eigenvalue weighted by Gasteiger charge is 2.33. The van der Waals surface area contributed by atoms with E-state index < -0.39 is 0 Å². The number of benzene rings is 2. The third-order valence-corrected chi connectivity index (χ3v) is 7.46. The number of piperazine rings is 1. The first-order valence-corrected chi connectivity index (χ1v) is 12.8. The van der Waals surface area contributed by atoms with Crippen molar-refractivity contribution in [1.29, 1.82) is 0 Å². The maximum atomic E-state index is 13.6. The summed E-state index contributed by atoms with van der Waals surface area (Å²) in [5.41, 5.74) is 7.41. The Labute approximate surface area is 217 Å². The predicted molar refractivity (Wildman–Crippen MR) is 145 cm³/mol.